The summed E-state index contributed by atoms with van der Waals surface area (Å²) in [6.45, 7) is 0. The average Bonchev–Trinajstić information content (AvgIpc) is 2.55. The molecule has 0 aliphatic heterocycles. The molecule has 0 fully saturated rings. The van der Waals surface area contributed by atoms with Crippen molar-refractivity contribution in [3.05, 3.63) is 75.4 Å². The molecule has 1 N–H and O–H groups in total. The number of aromatic hydroxyl groups is 1. The lowest BCUT2D eigenvalue weighted by molar-refractivity contribution is 0.465. The quantitative estimate of drug-likeness (QED) is 0.871. The molecule has 2 aromatic rings. The van der Waals surface area contributed by atoms with Crippen LogP contribution in [0.25, 0.3) is 0 Å². The van der Waals surface area contributed by atoms with Gasteiger partial charge < -0.3 is 5.11 Å². The summed E-state index contributed by atoms with van der Waals surface area (Å²) < 4.78 is 0. The van der Waals surface area contributed by atoms with Crippen LogP contribution in [0.1, 0.15) is 16.7 Å². The lowest BCUT2D eigenvalue weighted by Gasteiger charge is -2.01. The van der Waals surface area contributed by atoms with Gasteiger partial charge in [-0.1, -0.05) is 30.3 Å². The Bertz CT molecular complexity index is 655. The van der Waals surface area contributed by atoms with Crippen LogP contribution in [-0.4, -0.2) is 5.11 Å². The second kappa shape index (κ2) is 5.15. The van der Waals surface area contributed by atoms with E-state index in [4.69, 9.17) is 5.26 Å². The lowest BCUT2D eigenvalue weighted by atomic mass is 10.0. The summed E-state index contributed by atoms with van der Waals surface area (Å²) in [7, 11) is 0. The molecule has 0 bridgehead atoms. The van der Waals surface area contributed by atoms with Gasteiger partial charge in [0.25, 0.3) is 0 Å². The van der Waals surface area contributed by atoms with Crippen molar-refractivity contribution < 1.29 is 5.11 Å². The molecule has 0 saturated heterocycles. The minimum absolute atomic E-state index is 0.218. The van der Waals surface area contributed by atoms with Gasteiger partial charge in [-0.2, -0.15) is 5.26 Å². The van der Waals surface area contributed by atoms with Gasteiger partial charge in [-0.25, -0.2) is 0 Å². The van der Waals surface area contributed by atoms with Gasteiger partial charge in [-0.05, 0) is 23.8 Å². The SMILES string of the molecule is N#Cc1ccc(Cc2ccccc(=O)c2O)cc1. The fraction of sp³-hybridized carbons (Fsp3) is 0.0667. The minimum Gasteiger partial charge on any atom is -0.504 e. The largest absolute Gasteiger partial charge is 0.504 e. The number of hydrogen-bond acceptors (Lipinski definition) is 3. The van der Waals surface area contributed by atoms with Crippen molar-refractivity contribution in [1.82, 2.24) is 0 Å². The Labute approximate surface area is 105 Å². The van der Waals surface area contributed by atoms with E-state index in [9.17, 15) is 9.90 Å². The van der Waals surface area contributed by atoms with Gasteiger partial charge in [0.2, 0.25) is 5.43 Å². The second-order valence-corrected chi connectivity index (χ2v) is 3.94. The maximum atomic E-state index is 11.4. The van der Waals surface area contributed by atoms with Crippen LogP contribution < -0.4 is 5.43 Å². The molecule has 0 atom stereocenters. The predicted molar refractivity (Wildman–Crippen MR) is 68.3 cm³/mol. The van der Waals surface area contributed by atoms with Crippen molar-refractivity contribution in [3.8, 4) is 11.8 Å². The Kier molecular flexibility index (Phi) is 3.40. The maximum Gasteiger partial charge on any atom is 0.220 e. The highest BCUT2D eigenvalue weighted by atomic mass is 16.3. The molecule has 0 unspecified atom stereocenters. The molecule has 0 saturated carbocycles. The van der Waals surface area contributed by atoms with Gasteiger partial charge in [0.15, 0.2) is 5.75 Å². The highest BCUT2D eigenvalue weighted by Gasteiger charge is 2.04. The van der Waals surface area contributed by atoms with Crippen LogP contribution in [0.15, 0.2) is 53.3 Å². The summed E-state index contributed by atoms with van der Waals surface area (Å²) in [6.07, 6.45) is 0.460. The van der Waals surface area contributed by atoms with E-state index in [1.54, 1.807) is 30.3 Å². The van der Waals surface area contributed by atoms with Gasteiger partial charge in [0, 0.05) is 12.0 Å². The molecule has 0 aliphatic carbocycles. The molecule has 2 rings (SSSR count). The van der Waals surface area contributed by atoms with E-state index in [0.717, 1.165) is 5.56 Å². The lowest BCUT2D eigenvalue weighted by Crippen LogP contribution is -1.97. The normalized spacial score (nSPS) is 9.72. The summed E-state index contributed by atoms with van der Waals surface area (Å²) >= 11 is 0. The Morgan fingerprint density at radius 1 is 1.06 bits per heavy atom. The second-order valence-electron chi connectivity index (χ2n) is 3.94. The van der Waals surface area contributed by atoms with Gasteiger partial charge in [-0.15, -0.1) is 0 Å². The first-order chi connectivity index (χ1) is 8.70. The summed E-state index contributed by atoms with van der Waals surface area (Å²) in [4.78, 5) is 11.4. The van der Waals surface area contributed by atoms with Crippen LogP contribution in [0, 0.1) is 11.3 Å². The van der Waals surface area contributed by atoms with E-state index in [1.807, 2.05) is 18.2 Å². The predicted octanol–water partition coefficient (Wildman–Crippen LogP) is 2.21. The van der Waals surface area contributed by atoms with Crippen LogP contribution in [0.2, 0.25) is 0 Å². The Balaban J connectivity index is 2.35. The molecule has 18 heavy (non-hydrogen) atoms. The van der Waals surface area contributed by atoms with E-state index < -0.39 is 0 Å². The fourth-order valence-corrected chi connectivity index (χ4v) is 1.69. The van der Waals surface area contributed by atoms with Gasteiger partial charge >= 0.3 is 0 Å². The van der Waals surface area contributed by atoms with Crippen molar-refractivity contribution in [3.63, 3.8) is 0 Å². The molecule has 88 valence electrons. The number of hydrogen-bond donors (Lipinski definition) is 1. The highest BCUT2D eigenvalue weighted by molar-refractivity contribution is 5.38. The highest BCUT2D eigenvalue weighted by Crippen LogP contribution is 2.15. The molecule has 0 spiro atoms. The summed E-state index contributed by atoms with van der Waals surface area (Å²) in [6, 6.07) is 15.5. The van der Waals surface area contributed by atoms with Crippen molar-refractivity contribution in [1.29, 1.82) is 5.26 Å². The molecule has 3 heteroatoms. The van der Waals surface area contributed by atoms with Gasteiger partial charge in [0.1, 0.15) is 0 Å². The van der Waals surface area contributed by atoms with Crippen LogP contribution in [0.5, 0.6) is 5.75 Å². The molecular formula is C15H11NO2. The standard InChI is InChI=1S/C15H11NO2/c16-10-12-7-5-11(6-8-12)9-13-3-1-2-4-14(17)15(13)18/h1-8H,9H2,(H,17,18). The average molecular weight is 237 g/mol. The van der Waals surface area contributed by atoms with Gasteiger partial charge in [0.05, 0.1) is 11.6 Å². The monoisotopic (exact) mass is 237 g/mol. The molecule has 0 radical (unpaired) electrons. The maximum absolute atomic E-state index is 11.4. The molecule has 3 nitrogen and oxygen atoms in total. The fourth-order valence-electron chi connectivity index (χ4n) is 1.69. The summed E-state index contributed by atoms with van der Waals surface area (Å²) in [5, 5.41) is 18.5. The van der Waals surface area contributed by atoms with Gasteiger partial charge in [-0.3, -0.25) is 4.79 Å². The van der Waals surface area contributed by atoms with Crippen molar-refractivity contribution in [2.75, 3.05) is 0 Å². The molecular weight excluding hydrogens is 226 g/mol. The topological polar surface area (TPSA) is 61.1 Å². The number of nitriles is 1. The Morgan fingerprint density at radius 3 is 2.39 bits per heavy atom. The number of benzene rings is 1. The van der Waals surface area contributed by atoms with E-state index in [0.29, 0.717) is 17.5 Å². The van der Waals surface area contributed by atoms with Crippen molar-refractivity contribution in [2.24, 2.45) is 0 Å². The van der Waals surface area contributed by atoms with E-state index in [1.165, 1.54) is 6.07 Å². The smallest absolute Gasteiger partial charge is 0.220 e. The van der Waals surface area contributed by atoms with Crippen LogP contribution in [0.3, 0.4) is 0 Å². The summed E-state index contributed by atoms with van der Waals surface area (Å²) in [5.74, 6) is -0.218. The number of rotatable bonds is 2. The van der Waals surface area contributed by atoms with Crippen molar-refractivity contribution in [2.45, 2.75) is 6.42 Å². The molecule has 0 amide bonds. The Morgan fingerprint density at radius 2 is 1.72 bits per heavy atom. The number of nitrogens with zero attached hydrogens (tertiary/aromatic N) is 1. The first-order valence-electron chi connectivity index (χ1n) is 5.51. The van der Waals surface area contributed by atoms with Crippen LogP contribution >= 0.6 is 0 Å². The van der Waals surface area contributed by atoms with E-state index >= 15 is 0 Å². The van der Waals surface area contributed by atoms with Crippen LogP contribution in [0.4, 0.5) is 0 Å². The van der Waals surface area contributed by atoms with Crippen molar-refractivity contribution >= 4 is 0 Å². The zero-order valence-corrected chi connectivity index (χ0v) is 9.63. The molecule has 0 aliphatic rings. The third-order valence-electron chi connectivity index (χ3n) is 2.67. The first-order valence-corrected chi connectivity index (χ1v) is 5.51. The first kappa shape index (κ1) is 11.9. The molecule has 0 aromatic heterocycles. The third-order valence-corrected chi connectivity index (χ3v) is 2.67. The Hall–Kier alpha value is -2.60. The summed E-state index contributed by atoms with van der Waals surface area (Å²) in [5.41, 5.74) is 1.72. The van der Waals surface area contributed by atoms with E-state index in [-0.39, 0.29) is 11.2 Å². The zero-order chi connectivity index (χ0) is 13.0. The van der Waals surface area contributed by atoms with Crippen LogP contribution in [-0.2, 0) is 6.42 Å². The zero-order valence-electron chi connectivity index (χ0n) is 9.63. The molecule has 0 heterocycles. The molecule has 2 aromatic carbocycles. The third kappa shape index (κ3) is 2.55. The minimum atomic E-state index is -0.386. The van der Waals surface area contributed by atoms with E-state index in [2.05, 4.69) is 0 Å².